The molecule has 0 bridgehead atoms. The predicted molar refractivity (Wildman–Crippen MR) is 398 cm³/mol. The first-order valence-electron chi connectivity index (χ1n) is 41.3. The van der Waals surface area contributed by atoms with Crippen molar-refractivity contribution in [2.24, 2.45) is 0 Å². The Hall–Kier alpha value is -1.92. The Balaban J connectivity index is 3.39. The van der Waals surface area contributed by atoms with Crippen molar-refractivity contribution in [2.75, 3.05) is 13.2 Å². The zero-order valence-corrected chi connectivity index (χ0v) is 61.1. The highest BCUT2D eigenvalue weighted by Crippen LogP contribution is 2.20. The number of hydrogen-bond acceptors (Lipinski definition) is 5. The molecule has 1 amide bonds. The third kappa shape index (κ3) is 75.1. The monoisotopic (exact) mass is 1260 g/mol. The van der Waals surface area contributed by atoms with E-state index in [2.05, 4.69) is 43.5 Å². The SMILES string of the molecule is CCCCCCCCCCCCCCCCCCCCCCCC/C=C/C(O)C(CO)NC(=O)CCCCCCCCCCCCCCCCCCC/C=C\C/C=C\CCCCCCCCCCCOC(=O)CCCCCCCCCCCCCCCCCC. The lowest BCUT2D eigenvalue weighted by molar-refractivity contribution is -0.143. The van der Waals surface area contributed by atoms with Gasteiger partial charge < -0.3 is 20.3 Å². The van der Waals surface area contributed by atoms with Gasteiger partial charge in [0.2, 0.25) is 5.91 Å². The molecule has 0 aliphatic carbocycles. The Morgan fingerprint density at radius 2 is 0.556 bits per heavy atom. The molecule has 0 aromatic rings. The van der Waals surface area contributed by atoms with E-state index in [1.165, 1.54) is 392 Å². The molecule has 0 aliphatic rings. The summed E-state index contributed by atoms with van der Waals surface area (Å²) in [4.78, 5) is 24.7. The first-order valence-corrected chi connectivity index (χ1v) is 41.3. The number of carbonyl (C=O) groups excluding carboxylic acids is 2. The average Bonchev–Trinajstić information content (AvgIpc) is 3.58. The summed E-state index contributed by atoms with van der Waals surface area (Å²) in [6, 6.07) is -0.628. The number of aliphatic hydroxyl groups excluding tert-OH is 2. The summed E-state index contributed by atoms with van der Waals surface area (Å²) in [6.07, 6.45) is 104. The lowest BCUT2D eigenvalue weighted by Gasteiger charge is -2.20. The van der Waals surface area contributed by atoms with Gasteiger partial charge in [-0.15, -0.1) is 0 Å². The Labute approximate surface area is 564 Å². The van der Waals surface area contributed by atoms with Gasteiger partial charge in [-0.25, -0.2) is 0 Å². The van der Waals surface area contributed by atoms with E-state index in [-0.39, 0.29) is 18.5 Å². The first-order chi connectivity index (χ1) is 44.5. The predicted octanol–water partition coefficient (Wildman–Crippen LogP) is 27.4. The van der Waals surface area contributed by atoms with Gasteiger partial charge in [-0.3, -0.25) is 9.59 Å². The van der Waals surface area contributed by atoms with Crippen LogP contribution in [0.1, 0.15) is 463 Å². The number of carbonyl (C=O) groups is 2. The van der Waals surface area contributed by atoms with Gasteiger partial charge in [0.1, 0.15) is 0 Å². The second-order valence-corrected chi connectivity index (χ2v) is 28.5. The van der Waals surface area contributed by atoms with Crippen molar-refractivity contribution in [3.8, 4) is 0 Å². The number of ether oxygens (including phenoxy) is 1. The zero-order chi connectivity index (χ0) is 64.9. The largest absolute Gasteiger partial charge is 0.466 e. The van der Waals surface area contributed by atoms with Gasteiger partial charge in [0, 0.05) is 12.8 Å². The number of nitrogens with one attached hydrogen (secondary N) is 1. The molecule has 2 unspecified atom stereocenters. The maximum atomic E-state index is 12.6. The van der Waals surface area contributed by atoms with Crippen molar-refractivity contribution in [3.05, 3.63) is 36.5 Å². The van der Waals surface area contributed by atoms with Gasteiger partial charge >= 0.3 is 5.97 Å². The first kappa shape index (κ1) is 88.1. The van der Waals surface area contributed by atoms with Crippen molar-refractivity contribution in [3.63, 3.8) is 0 Å². The summed E-state index contributed by atoms with van der Waals surface area (Å²) in [5, 5.41) is 23.3. The van der Waals surface area contributed by atoms with Crippen LogP contribution in [0.15, 0.2) is 36.5 Å². The molecule has 0 saturated heterocycles. The topological polar surface area (TPSA) is 95.9 Å². The molecule has 2 atom stereocenters. The van der Waals surface area contributed by atoms with Crippen LogP contribution in [0.25, 0.3) is 0 Å². The summed E-state index contributed by atoms with van der Waals surface area (Å²) in [5.41, 5.74) is 0. The molecule has 0 radical (unpaired) electrons. The van der Waals surface area contributed by atoms with Crippen LogP contribution in [0.3, 0.4) is 0 Å². The van der Waals surface area contributed by atoms with Crippen LogP contribution in [0.2, 0.25) is 0 Å². The number of rotatable bonds is 78. The van der Waals surface area contributed by atoms with Crippen molar-refractivity contribution >= 4 is 11.9 Å². The fourth-order valence-electron chi connectivity index (χ4n) is 13.1. The summed E-state index contributed by atoms with van der Waals surface area (Å²) < 4.78 is 5.51. The molecule has 0 fully saturated rings. The van der Waals surface area contributed by atoms with Gasteiger partial charge in [0.05, 0.1) is 25.4 Å². The van der Waals surface area contributed by atoms with Crippen molar-refractivity contribution in [1.82, 2.24) is 5.32 Å². The molecule has 90 heavy (non-hydrogen) atoms. The second kappa shape index (κ2) is 79.5. The number of esters is 1. The van der Waals surface area contributed by atoms with Crippen LogP contribution in [-0.4, -0.2) is 47.4 Å². The van der Waals surface area contributed by atoms with Crippen molar-refractivity contribution in [2.45, 2.75) is 475 Å². The van der Waals surface area contributed by atoms with Crippen LogP contribution < -0.4 is 5.32 Å². The lowest BCUT2D eigenvalue weighted by Crippen LogP contribution is -2.45. The summed E-state index contributed by atoms with van der Waals surface area (Å²) in [7, 11) is 0. The standard InChI is InChI=1S/C84H161NO5/c1-3-5-7-9-11-13-15-17-19-21-22-23-24-36-39-42-45-48-52-56-60-64-68-72-76-82(87)81(80-86)85-83(88)77-73-69-65-61-57-53-49-46-43-40-37-34-32-30-28-26-25-27-29-31-33-35-38-41-44-47-51-55-59-63-67-71-75-79-90-84(89)78-74-70-66-62-58-54-50-20-18-16-14-12-10-8-6-4-2/h29,31,35,38,72,76,81-82,86-87H,3-28,30,32-34,36-37,39-71,73-75,77-80H2,1-2H3,(H,85,88)/b31-29-,38-35-,76-72+. The molecular formula is C84H161NO5. The molecular weight excluding hydrogens is 1100 g/mol. The minimum Gasteiger partial charge on any atom is -0.466 e. The Morgan fingerprint density at radius 3 is 0.844 bits per heavy atom. The lowest BCUT2D eigenvalue weighted by atomic mass is 10.0. The Kier molecular flexibility index (Phi) is 77.8. The highest BCUT2D eigenvalue weighted by Gasteiger charge is 2.18. The van der Waals surface area contributed by atoms with Gasteiger partial charge in [0.25, 0.3) is 0 Å². The molecule has 0 aromatic carbocycles. The third-order valence-corrected chi connectivity index (χ3v) is 19.4. The molecule has 0 aromatic heterocycles. The maximum absolute atomic E-state index is 12.6. The van der Waals surface area contributed by atoms with Crippen LogP contribution in [0.4, 0.5) is 0 Å². The summed E-state index contributed by atoms with van der Waals surface area (Å²) in [5.74, 6) is -0.0426. The minimum atomic E-state index is -0.845. The van der Waals surface area contributed by atoms with Crippen LogP contribution >= 0.6 is 0 Å². The van der Waals surface area contributed by atoms with Crippen LogP contribution in [-0.2, 0) is 14.3 Å². The summed E-state index contributed by atoms with van der Waals surface area (Å²) in [6.45, 7) is 4.96. The van der Waals surface area contributed by atoms with Crippen molar-refractivity contribution in [1.29, 1.82) is 0 Å². The number of hydrogen-bond donors (Lipinski definition) is 3. The van der Waals surface area contributed by atoms with Crippen molar-refractivity contribution < 1.29 is 24.5 Å². The number of unbranched alkanes of at least 4 members (excludes halogenated alkanes) is 63. The van der Waals surface area contributed by atoms with E-state index in [0.29, 0.717) is 19.4 Å². The fourth-order valence-corrected chi connectivity index (χ4v) is 13.1. The molecule has 0 aliphatic heterocycles. The van der Waals surface area contributed by atoms with E-state index in [9.17, 15) is 19.8 Å². The van der Waals surface area contributed by atoms with E-state index in [1.807, 2.05) is 6.08 Å². The quantitative estimate of drug-likeness (QED) is 0.0320. The molecule has 6 heteroatoms. The van der Waals surface area contributed by atoms with Crippen LogP contribution in [0.5, 0.6) is 0 Å². The van der Waals surface area contributed by atoms with E-state index >= 15 is 0 Å². The van der Waals surface area contributed by atoms with Crippen LogP contribution in [0, 0.1) is 0 Å². The molecule has 3 N–H and O–H groups in total. The molecule has 0 saturated carbocycles. The summed E-state index contributed by atoms with van der Waals surface area (Å²) >= 11 is 0. The number of allylic oxidation sites excluding steroid dienone is 5. The maximum Gasteiger partial charge on any atom is 0.305 e. The van der Waals surface area contributed by atoms with E-state index in [0.717, 1.165) is 44.9 Å². The van der Waals surface area contributed by atoms with E-state index < -0.39 is 12.1 Å². The number of amides is 1. The second-order valence-electron chi connectivity index (χ2n) is 28.5. The molecule has 532 valence electrons. The minimum absolute atomic E-state index is 0.0183. The zero-order valence-electron chi connectivity index (χ0n) is 61.1. The van der Waals surface area contributed by atoms with Gasteiger partial charge in [-0.2, -0.15) is 0 Å². The Bertz CT molecular complexity index is 1460. The highest BCUT2D eigenvalue weighted by atomic mass is 16.5. The number of aliphatic hydroxyl groups is 2. The van der Waals surface area contributed by atoms with E-state index in [4.69, 9.17) is 4.74 Å². The molecule has 0 heterocycles. The Morgan fingerprint density at radius 1 is 0.311 bits per heavy atom. The molecule has 0 spiro atoms. The molecule has 0 rings (SSSR count). The van der Waals surface area contributed by atoms with E-state index in [1.54, 1.807) is 6.08 Å². The van der Waals surface area contributed by atoms with Gasteiger partial charge in [-0.1, -0.05) is 423 Å². The normalized spacial score (nSPS) is 12.6. The fraction of sp³-hybridized carbons (Fsp3) is 0.905. The van der Waals surface area contributed by atoms with Gasteiger partial charge in [-0.05, 0) is 64.2 Å². The smallest absolute Gasteiger partial charge is 0.305 e. The average molecular weight is 1270 g/mol. The highest BCUT2D eigenvalue weighted by molar-refractivity contribution is 5.76. The molecule has 6 nitrogen and oxygen atoms in total. The third-order valence-electron chi connectivity index (χ3n) is 19.4. The van der Waals surface area contributed by atoms with Gasteiger partial charge in [0.15, 0.2) is 0 Å².